The molecule has 1 aliphatic heterocycles. The molecule has 0 aliphatic carbocycles. The number of hydrogen-bond donors (Lipinski definition) is 1. The number of aromatic nitrogens is 1. The smallest absolute Gasteiger partial charge is 0.0548 e. The average molecular weight is 275 g/mol. The van der Waals surface area contributed by atoms with Crippen molar-refractivity contribution in [2.75, 3.05) is 13.1 Å². The number of likely N-dealkylation sites (tertiary alicyclic amines) is 1. The lowest BCUT2D eigenvalue weighted by atomic mass is 10.0. The van der Waals surface area contributed by atoms with Crippen molar-refractivity contribution in [2.24, 2.45) is 5.92 Å². The van der Waals surface area contributed by atoms with E-state index in [0.717, 1.165) is 25.3 Å². The summed E-state index contributed by atoms with van der Waals surface area (Å²) in [4.78, 5) is 7.35. The fraction of sp³-hybridized carbons (Fsp3) is 0.706. The summed E-state index contributed by atoms with van der Waals surface area (Å²) in [7, 11) is 0. The molecular formula is C17H29N3. The first-order chi connectivity index (χ1) is 9.47. The summed E-state index contributed by atoms with van der Waals surface area (Å²) in [6.45, 7) is 13.2. The Bertz CT molecular complexity index is 426. The SMILES string of the molecule is CC(C)CNCc1cccc(CN2CCCC2(C)C)n1. The zero-order valence-electron chi connectivity index (χ0n) is 13.4. The maximum atomic E-state index is 4.79. The highest BCUT2D eigenvalue weighted by molar-refractivity contribution is 5.12. The molecule has 0 saturated carbocycles. The lowest BCUT2D eigenvalue weighted by Gasteiger charge is -2.31. The van der Waals surface area contributed by atoms with Gasteiger partial charge in [-0.25, -0.2) is 0 Å². The predicted octanol–water partition coefficient (Wildman–Crippen LogP) is 3.20. The van der Waals surface area contributed by atoms with Crippen LogP contribution >= 0.6 is 0 Å². The van der Waals surface area contributed by atoms with Crippen molar-refractivity contribution in [3.63, 3.8) is 0 Å². The quantitative estimate of drug-likeness (QED) is 0.864. The van der Waals surface area contributed by atoms with E-state index < -0.39 is 0 Å². The van der Waals surface area contributed by atoms with E-state index in [1.807, 2.05) is 0 Å². The van der Waals surface area contributed by atoms with Crippen LogP contribution in [0.3, 0.4) is 0 Å². The Kier molecular flexibility index (Phi) is 5.17. The van der Waals surface area contributed by atoms with Gasteiger partial charge in [0.25, 0.3) is 0 Å². The third kappa shape index (κ3) is 4.29. The monoisotopic (exact) mass is 275 g/mol. The highest BCUT2D eigenvalue weighted by atomic mass is 15.2. The summed E-state index contributed by atoms with van der Waals surface area (Å²) >= 11 is 0. The highest BCUT2D eigenvalue weighted by Gasteiger charge is 2.31. The molecule has 2 rings (SSSR count). The molecule has 1 aromatic rings. The molecule has 0 unspecified atom stereocenters. The van der Waals surface area contributed by atoms with E-state index in [1.165, 1.54) is 25.1 Å². The predicted molar refractivity (Wildman–Crippen MR) is 84.5 cm³/mol. The topological polar surface area (TPSA) is 28.2 Å². The van der Waals surface area contributed by atoms with E-state index in [-0.39, 0.29) is 0 Å². The first-order valence-electron chi connectivity index (χ1n) is 7.88. The van der Waals surface area contributed by atoms with Gasteiger partial charge in [0.15, 0.2) is 0 Å². The van der Waals surface area contributed by atoms with Gasteiger partial charge in [-0.05, 0) is 57.8 Å². The molecule has 0 atom stereocenters. The van der Waals surface area contributed by atoms with Crippen LogP contribution in [0.1, 0.15) is 51.9 Å². The minimum absolute atomic E-state index is 0.327. The van der Waals surface area contributed by atoms with E-state index in [1.54, 1.807) is 0 Å². The van der Waals surface area contributed by atoms with Crippen molar-refractivity contribution >= 4 is 0 Å². The highest BCUT2D eigenvalue weighted by Crippen LogP contribution is 2.29. The summed E-state index contributed by atoms with van der Waals surface area (Å²) in [6, 6.07) is 6.41. The van der Waals surface area contributed by atoms with Crippen LogP contribution in [0.25, 0.3) is 0 Å². The molecule has 1 aliphatic rings. The number of pyridine rings is 1. The lowest BCUT2D eigenvalue weighted by Crippen LogP contribution is -2.37. The van der Waals surface area contributed by atoms with Crippen molar-refractivity contribution in [3.05, 3.63) is 29.6 Å². The molecule has 112 valence electrons. The maximum Gasteiger partial charge on any atom is 0.0548 e. The Labute approximate surface area is 123 Å². The summed E-state index contributed by atoms with van der Waals surface area (Å²) in [5.41, 5.74) is 2.68. The Morgan fingerprint density at radius 1 is 1.30 bits per heavy atom. The molecule has 20 heavy (non-hydrogen) atoms. The number of nitrogens with one attached hydrogen (secondary N) is 1. The molecule has 1 fully saturated rings. The van der Waals surface area contributed by atoms with E-state index in [9.17, 15) is 0 Å². The first-order valence-corrected chi connectivity index (χ1v) is 7.88. The van der Waals surface area contributed by atoms with Crippen LogP contribution in [0.15, 0.2) is 18.2 Å². The van der Waals surface area contributed by atoms with Crippen LogP contribution in [0.5, 0.6) is 0 Å². The Morgan fingerprint density at radius 2 is 2.05 bits per heavy atom. The van der Waals surface area contributed by atoms with Crippen LogP contribution in [0, 0.1) is 5.92 Å². The van der Waals surface area contributed by atoms with Gasteiger partial charge in [-0.15, -0.1) is 0 Å². The van der Waals surface area contributed by atoms with Gasteiger partial charge in [-0.2, -0.15) is 0 Å². The van der Waals surface area contributed by atoms with Gasteiger partial charge in [-0.3, -0.25) is 9.88 Å². The van der Waals surface area contributed by atoms with E-state index in [2.05, 4.69) is 56.1 Å². The van der Waals surface area contributed by atoms with Gasteiger partial charge < -0.3 is 5.32 Å². The van der Waals surface area contributed by atoms with Crippen molar-refractivity contribution in [3.8, 4) is 0 Å². The molecule has 1 aromatic heterocycles. The lowest BCUT2D eigenvalue weighted by molar-refractivity contribution is 0.164. The van der Waals surface area contributed by atoms with Gasteiger partial charge in [0.1, 0.15) is 0 Å². The zero-order valence-corrected chi connectivity index (χ0v) is 13.4. The summed E-state index contributed by atoms with van der Waals surface area (Å²) in [6.07, 6.45) is 2.60. The van der Waals surface area contributed by atoms with Crippen LogP contribution in [0.4, 0.5) is 0 Å². The van der Waals surface area contributed by atoms with Crippen LogP contribution in [-0.2, 0) is 13.1 Å². The van der Waals surface area contributed by atoms with Crippen molar-refractivity contribution in [1.82, 2.24) is 15.2 Å². The van der Waals surface area contributed by atoms with Crippen LogP contribution in [-0.4, -0.2) is 28.5 Å². The third-order valence-corrected chi connectivity index (χ3v) is 4.15. The molecule has 0 spiro atoms. The fourth-order valence-corrected chi connectivity index (χ4v) is 2.86. The van der Waals surface area contributed by atoms with Gasteiger partial charge in [0.2, 0.25) is 0 Å². The Hall–Kier alpha value is -0.930. The average Bonchev–Trinajstić information content (AvgIpc) is 2.69. The largest absolute Gasteiger partial charge is 0.311 e. The van der Waals surface area contributed by atoms with Gasteiger partial charge in [0, 0.05) is 18.6 Å². The van der Waals surface area contributed by atoms with Crippen molar-refractivity contribution < 1.29 is 0 Å². The van der Waals surface area contributed by atoms with Crippen LogP contribution < -0.4 is 5.32 Å². The second kappa shape index (κ2) is 6.68. The van der Waals surface area contributed by atoms with Gasteiger partial charge in [0.05, 0.1) is 11.4 Å². The summed E-state index contributed by atoms with van der Waals surface area (Å²) in [5.74, 6) is 0.684. The van der Waals surface area contributed by atoms with Crippen molar-refractivity contribution in [2.45, 2.75) is 59.2 Å². The Balaban J connectivity index is 1.92. The number of nitrogens with zero attached hydrogens (tertiary/aromatic N) is 2. The molecule has 1 saturated heterocycles. The normalized spacial score (nSPS) is 18.9. The molecule has 3 heteroatoms. The summed E-state index contributed by atoms with van der Waals surface area (Å²) in [5, 5.41) is 3.46. The molecule has 0 amide bonds. The zero-order chi connectivity index (χ0) is 14.6. The number of rotatable bonds is 6. The minimum Gasteiger partial charge on any atom is -0.311 e. The second-order valence-electron chi connectivity index (χ2n) is 6.98. The molecule has 0 aromatic carbocycles. The molecule has 2 heterocycles. The molecule has 0 radical (unpaired) electrons. The molecule has 0 bridgehead atoms. The maximum absolute atomic E-state index is 4.79. The molecule has 1 N–H and O–H groups in total. The fourth-order valence-electron chi connectivity index (χ4n) is 2.86. The van der Waals surface area contributed by atoms with E-state index in [0.29, 0.717) is 11.5 Å². The molecular weight excluding hydrogens is 246 g/mol. The summed E-state index contributed by atoms with van der Waals surface area (Å²) < 4.78 is 0. The third-order valence-electron chi connectivity index (χ3n) is 4.15. The van der Waals surface area contributed by atoms with Crippen molar-refractivity contribution in [1.29, 1.82) is 0 Å². The standard InChI is InChI=1S/C17H29N3/c1-14(2)11-18-12-15-7-5-8-16(19-15)13-20-10-6-9-17(20,3)4/h5,7-8,14,18H,6,9-13H2,1-4H3. The molecule has 3 nitrogen and oxygen atoms in total. The van der Waals surface area contributed by atoms with Gasteiger partial charge in [-0.1, -0.05) is 19.9 Å². The van der Waals surface area contributed by atoms with Gasteiger partial charge >= 0.3 is 0 Å². The minimum atomic E-state index is 0.327. The van der Waals surface area contributed by atoms with E-state index >= 15 is 0 Å². The first kappa shape index (κ1) is 15.5. The van der Waals surface area contributed by atoms with Crippen LogP contribution in [0.2, 0.25) is 0 Å². The Morgan fingerprint density at radius 3 is 2.70 bits per heavy atom. The van der Waals surface area contributed by atoms with E-state index in [4.69, 9.17) is 4.98 Å². The number of hydrogen-bond acceptors (Lipinski definition) is 3. The second-order valence-corrected chi connectivity index (χ2v) is 6.98.